The van der Waals surface area contributed by atoms with E-state index in [0.29, 0.717) is 0 Å². The van der Waals surface area contributed by atoms with Crippen LogP contribution in [0.5, 0.6) is 0 Å². The summed E-state index contributed by atoms with van der Waals surface area (Å²) < 4.78 is 7.49. The summed E-state index contributed by atoms with van der Waals surface area (Å²) in [5.74, 6) is 0. The van der Waals surface area contributed by atoms with Crippen LogP contribution in [0.3, 0.4) is 0 Å². The first-order valence-corrected chi connectivity index (χ1v) is 8.05. The van der Waals surface area contributed by atoms with Gasteiger partial charge in [0.05, 0.1) is 13.2 Å². The van der Waals surface area contributed by atoms with Crippen LogP contribution in [0.1, 0.15) is 10.6 Å². The van der Waals surface area contributed by atoms with Gasteiger partial charge in [0, 0.05) is 36.3 Å². The zero-order valence-electron chi connectivity index (χ0n) is 12.2. The molecule has 0 aliphatic heterocycles. The van der Waals surface area contributed by atoms with Crippen LogP contribution in [-0.4, -0.2) is 24.8 Å². The highest BCUT2D eigenvalue weighted by Gasteiger charge is 2.09. The molecule has 0 atom stereocenters. The van der Waals surface area contributed by atoms with Gasteiger partial charge >= 0.3 is 0 Å². The number of fused-ring (bicyclic) bond motifs is 1. The van der Waals surface area contributed by atoms with E-state index in [9.17, 15) is 0 Å². The van der Waals surface area contributed by atoms with Crippen LogP contribution < -0.4 is 5.32 Å². The van der Waals surface area contributed by atoms with Crippen LogP contribution in [0.2, 0.25) is 0 Å². The molecule has 0 fully saturated rings. The van der Waals surface area contributed by atoms with Crippen molar-refractivity contribution < 1.29 is 4.74 Å². The predicted octanol–water partition coefficient (Wildman–Crippen LogP) is 3.49. The summed E-state index contributed by atoms with van der Waals surface area (Å²) in [7, 11) is 1.73. The molecule has 110 valence electrons. The van der Waals surface area contributed by atoms with Crippen LogP contribution in [0, 0.1) is 0 Å². The lowest BCUT2D eigenvalue weighted by atomic mass is 10.2. The number of ether oxygens (including phenoxy) is 1. The Morgan fingerprint density at radius 1 is 1.19 bits per heavy atom. The van der Waals surface area contributed by atoms with Crippen LogP contribution in [0.4, 0.5) is 0 Å². The Morgan fingerprint density at radius 3 is 2.90 bits per heavy atom. The maximum Gasteiger partial charge on any atom is 0.0587 e. The minimum Gasteiger partial charge on any atom is -0.383 e. The van der Waals surface area contributed by atoms with E-state index in [2.05, 4.69) is 57.7 Å². The molecular weight excluding hydrogens is 280 g/mol. The highest BCUT2D eigenvalue weighted by atomic mass is 32.1. The van der Waals surface area contributed by atoms with Gasteiger partial charge in [-0.25, -0.2) is 0 Å². The predicted molar refractivity (Wildman–Crippen MR) is 88.9 cm³/mol. The van der Waals surface area contributed by atoms with Crippen molar-refractivity contribution in [1.29, 1.82) is 0 Å². The second-order valence-corrected chi connectivity index (χ2v) is 6.06. The molecule has 0 spiro atoms. The van der Waals surface area contributed by atoms with Gasteiger partial charge in [0.25, 0.3) is 0 Å². The Morgan fingerprint density at radius 2 is 2.10 bits per heavy atom. The number of benzene rings is 1. The Kier molecular flexibility index (Phi) is 4.70. The molecule has 4 heteroatoms. The summed E-state index contributed by atoms with van der Waals surface area (Å²) in [6.45, 7) is 3.41. The molecule has 0 bridgehead atoms. The van der Waals surface area contributed by atoms with E-state index in [0.717, 1.165) is 26.2 Å². The molecule has 21 heavy (non-hydrogen) atoms. The van der Waals surface area contributed by atoms with Gasteiger partial charge in [0.2, 0.25) is 0 Å². The molecule has 2 heterocycles. The molecule has 1 N–H and O–H groups in total. The fourth-order valence-corrected chi connectivity index (χ4v) is 3.24. The maximum absolute atomic E-state index is 5.09. The molecule has 0 unspecified atom stereocenters. The quantitative estimate of drug-likeness (QED) is 0.676. The van der Waals surface area contributed by atoms with Crippen molar-refractivity contribution in [2.75, 3.05) is 20.3 Å². The molecule has 0 radical (unpaired) electrons. The van der Waals surface area contributed by atoms with Gasteiger partial charge in [-0.3, -0.25) is 0 Å². The van der Waals surface area contributed by atoms with E-state index in [1.54, 1.807) is 7.11 Å². The standard InChI is InChI=1S/C17H20N2OS/c1-20-9-8-18-12-15-11-14-5-2-3-7-17(14)19(15)13-16-6-4-10-21-16/h2-7,10-11,18H,8-9,12-13H2,1H3. The Hall–Kier alpha value is -1.62. The van der Waals surface area contributed by atoms with Gasteiger partial charge in [-0.05, 0) is 29.0 Å². The van der Waals surface area contributed by atoms with E-state index in [1.165, 1.54) is 21.5 Å². The van der Waals surface area contributed by atoms with Gasteiger partial charge in [-0.1, -0.05) is 24.3 Å². The Labute approximate surface area is 129 Å². The normalized spacial score (nSPS) is 11.3. The SMILES string of the molecule is COCCNCc1cc2ccccc2n1Cc1cccs1. The van der Waals surface area contributed by atoms with Gasteiger partial charge in [0.15, 0.2) is 0 Å². The number of para-hydroxylation sites is 1. The number of hydrogen-bond donors (Lipinski definition) is 1. The fourth-order valence-electron chi connectivity index (χ4n) is 2.55. The van der Waals surface area contributed by atoms with Gasteiger partial charge in [0.1, 0.15) is 0 Å². The largest absolute Gasteiger partial charge is 0.383 e. The second kappa shape index (κ2) is 6.89. The van der Waals surface area contributed by atoms with Crippen molar-refractivity contribution in [1.82, 2.24) is 9.88 Å². The van der Waals surface area contributed by atoms with E-state index >= 15 is 0 Å². The van der Waals surface area contributed by atoms with Crippen molar-refractivity contribution in [2.24, 2.45) is 0 Å². The van der Waals surface area contributed by atoms with Crippen molar-refractivity contribution in [2.45, 2.75) is 13.1 Å². The molecule has 2 aromatic heterocycles. The lowest BCUT2D eigenvalue weighted by Gasteiger charge is -2.10. The average Bonchev–Trinajstić information content (AvgIpc) is 3.13. The van der Waals surface area contributed by atoms with E-state index in [1.807, 2.05) is 11.3 Å². The molecule has 0 aliphatic carbocycles. The minimum atomic E-state index is 0.741. The first-order chi connectivity index (χ1) is 10.4. The molecular formula is C17H20N2OS. The van der Waals surface area contributed by atoms with Gasteiger partial charge < -0.3 is 14.6 Å². The molecule has 3 rings (SSSR count). The molecule has 0 saturated heterocycles. The highest BCUT2D eigenvalue weighted by molar-refractivity contribution is 7.09. The monoisotopic (exact) mass is 300 g/mol. The van der Waals surface area contributed by atoms with Gasteiger partial charge in [-0.15, -0.1) is 11.3 Å². The zero-order chi connectivity index (χ0) is 14.5. The first-order valence-electron chi connectivity index (χ1n) is 7.17. The average molecular weight is 300 g/mol. The number of hydrogen-bond acceptors (Lipinski definition) is 3. The molecule has 0 aliphatic rings. The second-order valence-electron chi connectivity index (χ2n) is 5.03. The van der Waals surface area contributed by atoms with E-state index < -0.39 is 0 Å². The molecule has 0 saturated carbocycles. The summed E-state index contributed by atoms with van der Waals surface area (Å²) in [6, 6.07) is 15.2. The zero-order valence-corrected chi connectivity index (χ0v) is 13.0. The van der Waals surface area contributed by atoms with Crippen molar-refractivity contribution >= 4 is 22.2 Å². The molecule has 3 aromatic rings. The van der Waals surface area contributed by atoms with Crippen LogP contribution in [-0.2, 0) is 17.8 Å². The van der Waals surface area contributed by atoms with Crippen molar-refractivity contribution in [3.63, 3.8) is 0 Å². The molecule has 3 nitrogen and oxygen atoms in total. The molecule has 0 amide bonds. The van der Waals surface area contributed by atoms with E-state index in [-0.39, 0.29) is 0 Å². The number of thiophene rings is 1. The van der Waals surface area contributed by atoms with Crippen molar-refractivity contribution in [3.05, 3.63) is 58.4 Å². The fraction of sp³-hybridized carbons (Fsp3) is 0.294. The third-order valence-corrected chi connectivity index (χ3v) is 4.44. The minimum absolute atomic E-state index is 0.741. The highest BCUT2D eigenvalue weighted by Crippen LogP contribution is 2.22. The molecule has 1 aromatic carbocycles. The maximum atomic E-state index is 5.09. The summed E-state index contributed by atoms with van der Waals surface area (Å²) in [6.07, 6.45) is 0. The number of rotatable bonds is 7. The van der Waals surface area contributed by atoms with Crippen molar-refractivity contribution in [3.8, 4) is 0 Å². The van der Waals surface area contributed by atoms with Gasteiger partial charge in [-0.2, -0.15) is 0 Å². The third kappa shape index (κ3) is 3.35. The van der Waals surface area contributed by atoms with Crippen LogP contribution >= 0.6 is 11.3 Å². The first kappa shape index (κ1) is 14.3. The number of nitrogens with zero attached hydrogens (tertiary/aromatic N) is 1. The number of aromatic nitrogens is 1. The lowest BCUT2D eigenvalue weighted by Crippen LogP contribution is -2.20. The van der Waals surface area contributed by atoms with Crippen LogP contribution in [0.15, 0.2) is 47.8 Å². The Bertz CT molecular complexity index is 688. The summed E-state index contributed by atoms with van der Waals surface area (Å²) in [5, 5.41) is 6.88. The van der Waals surface area contributed by atoms with E-state index in [4.69, 9.17) is 4.74 Å². The summed E-state index contributed by atoms with van der Waals surface area (Å²) >= 11 is 1.81. The number of nitrogens with one attached hydrogen (secondary N) is 1. The summed E-state index contributed by atoms with van der Waals surface area (Å²) in [4.78, 5) is 1.38. The number of methoxy groups -OCH3 is 1. The smallest absolute Gasteiger partial charge is 0.0587 e. The Balaban J connectivity index is 1.86. The summed E-state index contributed by atoms with van der Waals surface area (Å²) in [5.41, 5.74) is 2.62. The topological polar surface area (TPSA) is 26.2 Å². The third-order valence-electron chi connectivity index (χ3n) is 3.58. The van der Waals surface area contributed by atoms with Crippen LogP contribution in [0.25, 0.3) is 10.9 Å². The lowest BCUT2D eigenvalue weighted by molar-refractivity contribution is 0.199.